The fourth-order valence-electron chi connectivity index (χ4n) is 3.56. The van der Waals surface area contributed by atoms with Gasteiger partial charge in [-0.25, -0.2) is 10.0 Å². The molecule has 34 heavy (non-hydrogen) atoms. The zero-order valence-corrected chi connectivity index (χ0v) is 18.0. The van der Waals surface area contributed by atoms with Gasteiger partial charge in [0.1, 0.15) is 18.4 Å². The number of aldehydes is 1. The lowest BCUT2D eigenvalue weighted by Gasteiger charge is -2.39. The summed E-state index contributed by atoms with van der Waals surface area (Å²) in [7, 11) is 0. The van der Waals surface area contributed by atoms with Crippen LogP contribution in [0.2, 0.25) is 0 Å². The van der Waals surface area contributed by atoms with Crippen molar-refractivity contribution < 1.29 is 33.9 Å². The van der Waals surface area contributed by atoms with Gasteiger partial charge < -0.3 is 20.5 Å². The first-order chi connectivity index (χ1) is 16.3. The Kier molecular flexibility index (Phi) is 7.85. The summed E-state index contributed by atoms with van der Waals surface area (Å²) in [5.41, 5.74) is 0.725. The summed E-state index contributed by atoms with van der Waals surface area (Å²) in [5, 5.41) is 15.7. The van der Waals surface area contributed by atoms with Crippen LogP contribution in [0, 0.1) is 0 Å². The number of fused-ring (bicyclic) bond motifs is 1. The van der Waals surface area contributed by atoms with Gasteiger partial charge in [0.15, 0.2) is 0 Å². The molecule has 3 N–H and O–H groups in total. The van der Waals surface area contributed by atoms with E-state index >= 15 is 0 Å². The highest BCUT2D eigenvalue weighted by Gasteiger charge is 2.43. The predicted molar refractivity (Wildman–Crippen MR) is 116 cm³/mol. The van der Waals surface area contributed by atoms with Crippen molar-refractivity contribution in [1.29, 1.82) is 0 Å². The van der Waals surface area contributed by atoms with Crippen molar-refractivity contribution >= 4 is 42.0 Å². The van der Waals surface area contributed by atoms with Crippen LogP contribution in [0.4, 0.5) is 0 Å². The number of rotatable bonds is 8. The molecule has 3 heterocycles. The summed E-state index contributed by atoms with van der Waals surface area (Å²) < 4.78 is 0. The van der Waals surface area contributed by atoms with Crippen LogP contribution < -0.4 is 10.6 Å². The van der Waals surface area contributed by atoms with Crippen molar-refractivity contribution in [2.45, 2.75) is 43.8 Å². The van der Waals surface area contributed by atoms with Crippen LogP contribution in [0.1, 0.15) is 31.2 Å². The van der Waals surface area contributed by atoms with E-state index in [-0.39, 0.29) is 25.5 Å². The number of aromatic nitrogens is 1. The number of hydrogen-bond donors (Lipinski definition) is 3. The van der Waals surface area contributed by atoms with E-state index in [1.165, 1.54) is 24.4 Å². The first kappa shape index (κ1) is 24.3. The van der Waals surface area contributed by atoms with Gasteiger partial charge in [-0.2, -0.15) is 0 Å². The van der Waals surface area contributed by atoms with E-state index in [0.717, 1.165) is 15.6 Å². The van der Waals surface area contributed by atoms with E-state index in [1.807, 2.05) is 0 Å². The molecule has 0 spiro atoms. The zero-order chi connectivity index (χ0) is 24.7. The third kappa shape index (κ3) is 5.91. The van der Waals surface area contributed by atoms with Crippen LogP contribution in [0.15, 0.2) is 42.9 Å². The number of aliphatic carboxylic acids is 1. The maximum absolute atomic E-state index is 13.3. The van der Waals surface area contributed by atoms with Gasteiger partial charge in [0.25, 0.3) is 5.91 Å². The summed E-state index contributed by atoms with van der Waals surface area (Å²) in [5.74, 6) is -3.78. The molecule has 1 fully saturated rings. The minimum Gasteiger partial charge on any atom is -0.481 e. The molecule has 2 aliphatic rings. The second kappa shape index (κ2) is 11.0. The lowest BCUT2D eigenvalue weighted by molar-refractivity contribution is -0.166. The second-order valence-corrected chi connectivity index (χ2v) is 7.62. The normalized spacial score (nSPS) is 20.9. The molecule has 2 aliphatic heterocycles. The van der Waals surface area contributed by atoms with Crippen molar-refractivity contribution in [3.8, 4) is 0 Å². The molecular formula is C22H23N5O7. The molecule has 1 saturated heterocycles. The number of carboxylic acid groups (broad SMARTS) is 1. The van der Waals surface area contributed by atoms with Crippen LogP contribution >= 0.6 is 0 Å². The monoisotopic (exact) mass is 469 g/mol. The zero-order valence-electron chi connectivity index (χ0n) is 18.0. The maximum Gasteiger partial charge on any atom is 0.305 e. The molecule has 0 unspecified atom stereocenters. The van der Waals surface area contributed by atoms with Gasteiger partial charge in [-0.05, 0) is 36.6 Å². The standard InChI is InChI=1S/C22H23N5O7/c28-13-15(12-20(31)32)24-21(33)17-2-1-11-26-19(30)6-4-16(22(34)27(17)26)25-18(29)5-3-14-7-9-23-10-8-14/h1,3,5,7-11,13,15-17H,2,4,6,12H2,(H,24,33)(H,25,29)(H,31,32)/t15-,16-,17-/m0/s1. The van der Waals surface area contributed by atoms with Crippen LogP contribution in [0.25, 0.3) is 6.08 Å². The highest BCUT2D eigenvalue weighted by atomic mass is 16.4. The molecule has 3 rings (SSSR count). The minimum atomic E-state index is -1.30. The third-order valence-electron chi connectivity index (χ3n) is 5.20. The van der Waals surface area contributed by atoms with Crippen LogP contribution in [-0.4, -0.2) is 74.1 Å². The Hall–Kier alpha value is -4.35. The molecule has 12 heteroatoms. The summed E-state index contributed by atoms with van der Waals surface area (Å²) in [6.07, 6.45) is 8.45. The molecule has 1 aromatic rings. The lowest BCUT2D eigenvalue weighted by Crippen LogP contribution is -2.61. The number of carboxylic acids is 1. The highest BCUT2D eigenvalue weighted by molar-refractivity contribution is 5.99. The van der Waals surface area contributed by atoms with E-state index in [0.29, 0.717) is 0 Å². The molecule has 0 saturated carbocycles. The molecule has 178 valence electrons. The molecule has 1 aromatic heterocycles. The van der Waals surface area contributed by atoms with Gasteiger partial charge in [-0.3, -0.25) is 29.0 Å². The van der Waals surface area contributed by atoms with Crippen molar-refractivity contribution in [3.05, 3.63) is 48.4 Å². The number of carbonyl (C=O) groups is 6. The molecule has 4 amide bonds. The Morgan fingerprint density at radius 3 is 2.65 bits per heavy atom. The first-order valence-electron chi connectivity index (χ1n) is 10.5. The average Bonchev–Trinajstić information content (AvgIpc) is 2.94. The number of nitrogens with zero attached hydrogens (tertiary/aromatic N) is 3. The van der Waals surface area contributed by atoms with Gasteiger partial charge in [0, 0.05) is 31.1 Å². The second-order valence-electron chi connectivity index (χ2n) is 7.62. The molecule has 0 aliphatic carbocycles. The lowest BCUT2D eigenvalue weighted by atomic mass is 10.1. The molecular weight excluding hydrogens is 446 g/mol. The minimum absolute atomic E-state index is 0.0255. The Bertz CT molecular complexity index is 1040. The summed E-state index contributed by atoms with van der Waals surface area (Å²) >= 11 is 0. The Morgan fingerprint density at radius 1 is 1.24 bits per heavy atom. The number of nitrogens with one attached hydrogen (secondary N) is 2. The summed E-state index contributed by atoms with van der Waals surface area (Å²) in [6.45, 7) is 0. The topological polar surface area (TPSA) is 166 Å². The van der Waals surface area contributed by atoms with E-state index < -0.39 is 54.1 Å². The summed E-state index contributed by atoms with van der Waals surface area (Å²) in [4.78, 5) is 77.1. The number of carbonyl (C=O) groups excluding carboxylic acids is 5. The third-order valence-corrected chi connectivity index (χ3v) is 5.20. The first-order valence-corrected chi connectivity index (χ1v) is 10.5. The van der Waals surface area contributed by atoms with E-state index in [2.05, 4.69) is 15.6 Å². The maximum atomic E-state index is 13.3. The van der Waals surface area contributed by atoms with Crippen molar-refractivity contribution in [3.63, 3.8) is 0 Å². The smallest absolute Gasteiger partial charge is 0.305 e. The van der Waals surface area contributed by atoms with Crippen LogP contribution in [-0.2, 0) is 28.8 Å². The van der Waals surface area contributed by atoms with Crippen LogP contribution in [0.5, 0.6) is 0 Å². The average molecular weight is 469 g/mol. The van der Waals surface area contributed by atoms with E-state index in [1.54, 1.807) is 24.5 Å². The predicted octanol–water partition coefficient (Wildman–Crippen LogP) is -0.610. The van der Waals surface area contributed by atoms with Gasteiger partial charge in [-0.15, -0.1) is 0 Å². The van der Waals surface area contributed by atoms with E-state index in [4.69, 9.17) is 5.11 Å². The van der Waals surface area contributed by atoms with Crippen molar-refractivity contribution in [2.24, 2.45) is 0 Å². The molecule has 0 radical (unpaired) electrons. The number of hydrazine groups is 1. The number of amides is 4. The molecule has 0 aromatic carbocycles. The van der Waals surface area contributed by atoms with E-state index in [9.17, 15) is 28.8 Å². The number of pyridine rings is 1. The molecule has 0 bridgehead atoms. The Balaban J connectivity index is 1.76. The number of hydrogen-bond acceptors (Lipinski definition) is 7. The van der Waals surface area contributed by atoms with Gasteiger partial charge >= 0.3 is 5.97 Å². The Labute approximate surface area is 194 Å². The molecule has 12 nitrogen and oxygen atoms in total. The highest BCUT2D eigenvalue weighted by Crippen LogP contribution is 2.24. The fourth-order valence-corrected chi connectivity index (χ4v) is 3.56. The van der Waals surface area contributed by atoms with Crippen molar-refractivity contribution in [1.82, 2.24) is 25.6 Å². The van der Waals surface area contributed by atoms with Crippen LogP contribution in [0.3, 0.4) is 0 Å². The van der Waals surface area contributed by atoms with Gasteiger partial charge in [0.2, 0.25) is 17.7 Å². The molecule has 3 atom stereocenters. The van der Waals surface area contributed by atoms with Gasteiger partial charge in [0.05, 0.1) is 12.5 Å². The SMILES string of the molecule is O=C[C@H](CC(=O)O)NC(=O)[C@@H]1CC=CN2C(=O)CC[C@H](NC(=O)C=Cc3ccncc3)C(=O)N12. The van der Waals surface area contributed by atoms with Crippen molar-refractivity contribution in [2.75, 3.05) is 0 Å². The summed E-state index contributed by atoms with van der Waals surface area (Å²) in [6, 6.07) is -0.195. The Morgan fingerprint density at radius 2 is 1.97 bits per heavy atom. The van der Waals surface area contributed by atoms with Gasteiger partial charge in [-0.1, -0.05) is 6.08 Å². The quantitative estimate of drug-likeness (QED) is 0.335. The fraction of sp³-hybridized carbons (Fsp3) is 0.318. The largest absolute Gasteiger partial charge is 0.481 e.